The van der Waals surface area contributed by atoms with Crippen LogP contribution >= 0.6 is 11.6 Å². The first-order chi connectivity index (χ1) is 21.5. The van der Waals surface area contributed by atoms with Gasteiger partial charge in [-0.1, -0.05) is 48.0 Å². The van der Waals surface area contributed by atoms with E-state index in [0.29, 0.717) is 23.6 Å². The van der Waals surface area contributed by atoms with Crippen LogP contribution in [0.3, 0.4) is 0 Å². The summed E-state index contributed by atoms with van der Waals surface area (Å²) in [5.74, 6) is -3.25. The molecule has 3 aromatic carbocycles. The topological polar surface area (TPSA) is 80.5 Å². The number of nitrogens with zero attached hydrogens (tertiary/aromatic N) is 4. The Bertz CT molecular complexity index is 1910. The van der Waals surface area contributed by atoms with E-state index in [1.54, 1.807) is 4.57 Å². The maximum Gasteiger partial charge on any atom is 0.421 e. The van der Waals surface area contributed by atoms with E-state index in [1.807, 2.05) is 35.2 Å². The van der Waals surface area contributed by atoms with Gasteiger partial charge in [-0.3, -0.25) is 4.90 Å². The molecule has 0 saturated heterocycles. The molecule has 0 fully saturated rings. The van der Waals surface area contributed by atoms with Crippen molar-refractivity contribution in [2.24, 2.45) is 0 Å². The van der Waals surface area contributed by atoms with Gasteiger partial charge in [0, 0.05) is 30.2 Å². The lowest BCUT2D eigenvalue weighted by Crippen LogP contribution is -2.32. The molecule has 0 atom stereocenters. The third kappa shape index (κ3) is 6.34. The van der Waals surface area contributed by atoms with Gasteiger partial charge in [0.15, 0.2) is 5.82 Å². The monoisotopic (exact) mass is 642 g/mol. The second-order valence-corrected chi connectivity index (χ2v) is 11.1. The van der Waals surface area contributed by atoms with Crippen LogP contribution in [-0.4, -0.2) is 37.1 Å². The van der Waals surface area contributed by atoms with Gasteiger partial charge in [0.05, 0.1) is 23.3 Å². The fourth-order valence-electron chi connectivity index (χ4n) is 5.38. The first-order valence-corrected chi connectivity index (χ1v) is 14.2. The molecule has 0 amide bonds. The van der Waals surface area contributed by atoms with Crippen molar-refractivity contribution in [3.8, 4) is 5.88 Å². The van der Waals surface area contributed by atoms with Crippen molar-refractivity contribution in [2.75, 3.05) is 6.54 Å². The van der Waals surface area contributed by atoms with Gasteiger partial charge in [-0.2, -0.15) is 13.2 Å². The van der Waals surface area contributed by atoms with Crippen molar-refractivity contribution in [3.05, 3.63) is 123 Å². The van der Waals surface area contributed by atoms with Crippen LogP contribution in [0.4, 0.5) is 22.0 Å². The molecule has 5 aromatic rings. The lowest BCUT2D eigenvalue weighted by molar-refractivity contribution is -0.139. The number of carboxylic acid groups (broad SMARTS) is 1. The van der Waals surface area contributed by atoms with Gasteiger partial charge in [-0.25, -0.2) is 23.5 Å². The minimum atomic E-state index is -4.76. The highest BCUT2D eigenvalue weighted by Gasteiger charge is 2.37. The molecular weight excluding hydrogens is 619 g/mol. The number of aromatic nitrogens is 3. The second-order valence-electron chi connectivity index (χ2n) is 10.6. The number of carboxylic acids is 1. The average Bonchev–Trinajstić information content (AvgIpc) is 3.33. The minimum Gasteiger partial charge on any atom is -0.478 e. The zero-order valence-electron chi connectivity index (χ0n) is 23.4. The van der Waals surface area contributed by atoms with Crippen molar-refractivity contribution >= 4 is 28.6 Å². The standard InChI is InChI=1S/C32H24ClF5N4O3/c33-21-7-6-20(24(34)13-21)17-45-30-23(32(36,37)38)12-19-10-11-41(15-26(19)40-30)16-27-39-25-9-8-22(31(43)44)28(35)29(25)42(27)14-18-4-2-1-3-5-18/h1-9,12-13H,10-11,14-17H2,(H,43,44). The predicted octanol–water partition coefficient (Wildman–Crippen LogP) is 7.27. The third-order valence-corrected chi connectivity index (χ3v) is 7.85. The summed E-state index contributed by atoms with van der Waals surface area (Å²) in [5.41, 5.74) is 0.392. The smallest absolute Gasteiger partial charge is 0.421 e. The van der Waals surface area contributed by atoms with Gasteiger partial charge in [0.1, 0.15) is 29.3 Å². The van der Waals surface area contributed by atoms with Crippen LogP contribution in [0.2, 0.25) is 5.02 Å². The van der Waals surface area contributed by atoms with E-state index < -0.39 is 47.4 Å². The fraction of sp³-hybridized carbons (Fsp3) is 0.219. The van der Waals surface area contributed by atoms with E-state index in [9.17, 15) is 27.5 Å². The summed E-state index contributed by atoms with van der Waals surface area (Å²) in [7, 11) is 0. The molecule has 0 bridgehead atoms. The molecule has 0 spiro atoms. The van der Waals surface area contributed by atoms with Crippen molar-refractivity contribution in [1.29, 1.82) is 0 Å². The Morgan fingerprint density at radius 3 is 2.49 bits per heavy atom. The van der Waals surface area contributed by atoms with Crippen molar-refractivity contribution in [3.63, 3.8) is 0 Å². The zero-order chi connectivity index (χ0) is 31.9. The summed E-state index contributed by atoms with van der Waals surface area (Å²) < 4.78 is 78.7. The van der Waals surface area contributed by atoms with E-state index in [2.05, 4.69) is 9.97 Å². The number of imidazole rings is 1. The molecule has 2 aromatic heterocycles. The van der Waals surface area contributed by atoms with Gasteiger partial charge < -0.3 is 14.4 Å². The SMILES string of the molecule is O=C(O)c1ccc2nc(CN3CCc4cc(C(F)(F)F)c(OCc5ccc(Cl)cc5F)nc4C3)n(Cc3ccccc3)c2c1F. The van der Waals surface area contributed by atoms with Gasteiger partial charge in [-0.15, -0.1) is 0 Å². The van der Waals surface area contributed by atoms with Crippen molar-refractivity contribution < 1.29 is 36.6 Å². The van der Waals surface area contributed by atoms with E-state index in [1.165, 1.54) is 24.3 Å². The Morgan fingerprint density at radius 1 is 1.00 bits per heavy atom. The minimum absolute atomic E-state index is 0.0179. The summed E-state index contributed by atoms with van der Waals surface area (Å²) >= 11 is 5.78. The number of alkyl halides is 3. The average molecular weight is 643 g/mol. The Kier molecular flexibility index (Phi) is 8.19. The van der Waals surface area contributed by atoms with Gasteiger partial charge in [-0.05, 0) is 47.9 Å². The number of halogens is 6. The second kappa shape index (κ2) is 12.1. The Hall–Kier alpha value is -4.55. The maximum absolute atomic E-state index is 15.5. The molecule has 7 nitrogen and oxygen atoms in total. The lowest BCUT2D eigenvalue weighted by Gasteiger charge is -2.29. The Morgan fingerprint density at radius 2 is 1.78 bits per heavy atom. The van der Waals surface area contributed by atoms with Crippen LogP contribution in [0, 0.1) is 11.6 Å². The number of benzene rings is 3. The fourth-order valence-corrected chi connectivity index (χ4v) is 5.54. The number of pyridine rings is 1. The summed E-state index contributed by atoms with van der Waals surface area (Å²) in [6, 6.07) is 16.6. The molecular formula is C32H24ClF5N4O3. The van der Waals surface area contributed by atoms with Gasteiger partial charge in [0.2, 0.25) is 5.88 Å². The first kappa shape index (κ1) is 30.5. The molecule has 232 valence electrons. The summed E-state index contributed by atoms with van der Waals surface area (Å²) in [6.07, 6.45) is -4.51. The molecule has 45 heavy (non-hydrogen) atoms. The van der Waals surface area contributed by atoms with E-state index in [-0.39, 0.29) is 47.7 Å². The maximum atomic E-state index is 15.5. The molecule has 3 heterocycles. The summed E-state index contributed by atoms with van der Waals surface area (Å²) in [5, 5.41) is 9.64. The first-order valence-electron chi connectivity index (χ1n) is 13.8. The highest BCUT2D eigenvalue weighted by molar-refractivity contribution is 6.30. The van der Waals surface area contributed by atoms with Crippen molar-refractivity contribution in [2.45, 2.75) is 38.8 Å². The molecule has 0 aliphatic carbocycles. The number of rotatable bonds is 8. The number of ether oxygens (including phenoxy) is 1. The van der Waals surface area contributed by atoms with Crippen LogP contribution in [0.15, 0.2) is 66.7 Å². The van der Waals surface area contributed by atoms with Crippen LogP contribution in [-0.2, 0) is 38.8 Å². The van der Waals surface area contributed by atoms with Crippen LogP contribution in [0.5, 0.6) is 5.88 Å². The predicted molar refractivity (Wildman–Crippen MR) is 155 cm³/mol. The normalized spacial score (nSPS) is 13.6. The molecule has 6 rings (SSSR count). The highest BCUT2D eigenvalue weighted by atomic mass is 35.5. The van der Waals surface area contributed by atoms with Crippen LogP contribution < -0.4 is 4.74 Å². The molecule has 0 saturated carbocycles. The Balaban J connectivity index is 1.32. The quantitative estimate of drug-likeness (QED) is 0.180. The molecule has 1 aliphatic heterocycles. The summed E-state index contributed by atoms with van der Waals surface area (Å²) in [4.78, 5) is 22.4. The number of hydrogen-bond donors (Lipinski definition) is 1. The molecule has 0 radical (unpaired) electrons. The molecule has 1 aliphatic rings. The van der Waals surface area contributed by atoms with Crippen molar-refractivity contribution in [1.82, 2.24) is 19.4 Å². The third-order valence-electron chi connectivity index (χ3n) is 7.62. The zero-order valence-corrected chi connectivity index (χ0v) is 24.2. The van der Waals surface area contributed by atoms with Gasteiger partial charge >= 0.3 is 12.1 Å². The summed E-state index contributed by atoms with van der Waals surface area (Å²) in [6.45, 7) is 0.395. The lowest BCUT2D eigenvalue weighted by atomic mass is 10.0. The van der Waals surface area contributed by atoms with E-state index in [0.717, 1.165) is 17.7 Å². The number of carbonyl (C=O) groups is 1. The van der Waals surface area contributed by atoms with Crippen LogP contribution in [0.1, 0.15) is 44.1 Å². The van der Waals surface area contributed by atoms with Crippen LogP contribution in [0.25, 0.3) is 11.0 Å². The Labute approximate surface area is 258 Å². The number of hydrogen-bond acceptors (Lipinski definition) is 5. The molecule has 13 heteroatoms. The largest absolute Gasteiger partial charge is 0.478 e. The van der Waals surface area contributed by atoms with E-state index in [4.69, 9.17) is 16.3 Å². The number of aromatic carboxylic acids is 1. The number of fused-ring (bicyclic) bond motifs is 2. The van der Waals surface area contributed by atoms with E-state index >= 15 is 4.39 Å². The highest BCUT2D eigenvalue weighted by Crippen LogP contribution is 2.38. The molecule has 0 unspecified atom stereocenters. The van der Waals surface area contributed by atoms with Gasteiger partial charge in [0.25, 0.3) is 0 Å². The molecule has 1 N–H and O–H groups in total.